The Kier molecular flexibility index (Phi) is 5.83. The van der Waals surface area contributed by atoms with Gasteiger partial charge in [0.25, 0.3) is 0 Å². The first-order chi connectivity index (χ1) is 10.5. The Bertz CT molecular complexity index is 474. The molecule has 2 rings (SSSR count). The van der Waals surface area contributed by atoms with Crippen LogP contribution in [0.1, 0.15) is 56.8 Å². The summed E-state index contributed by atoms with van der Waals surface area (Å²) in [5.74, 6) is 0.466. The third-order valence-corrected chi connectivity index (χ3v) is 3.81. The fraction of sp³-hybridized carbons (Fsp3) is 0.611. The summed E-state index contributed by atoms with van der Waals surface area (Å²) >= 11 is 0. The molecule has 1 aliphatic heterocycles. The predicted octanol–water partition coefficient (Wildman–Crippen LogP) is 3.98. The number of carbonyl (C=O) groups excluding carboxylic acids is 1. The highest BCUT2D eigenvalue weighted by atomic mass is 16.6. The van der Waals surface area contributed by atoms with Gasteiger partial charge in [0, 0.05) is 0 Å². The zero-order chi connectivity index (χ0) is 16.0. The van der Waals surface area contributed by atoms with Crippen molar-refractivity contribution in [2.45, 2.75) is 58.2 Å². The predicted molar refractivity (Wildman–Crippen MR) is 85.3 cm³/mol. The second-order valence-electron chi connectivity index (χ2n) is 6.25. The van der Waals surface area contributed by atoms with Crippen LogP contribution in [0, 0.1) is 0 Å². The van der Waals surface area contributed by atoms with E-state index < -0.39 is 0 Å². The van der Waals surface area contributed by atoms with Crippen molar-refractivity contribution < 1.29 is 19.0 Å². The molecule has 22 heavy (non-hydrogen) atoms. The Morgan fingerprint density at radius 2 is 1.91 bits per heavy atom. The van der Waals surface area contributed by atoms with E-state index in [-0.39, 0.29) is 17.7 Å². The maximum absolute atomic E-state index is 11.9. The van der Waals surface area contributed by atoms with Gasteiger partial charge in [-0.1, -0.05) is 26.2 Å². The van der Waals surface area contributed by atoms with E-state index in [0.29, 0.717) is 12.2 Å². The van der Waals surface area contributed by atoms with Gasteiger partial charge in [-0.05, 0) is 44.5 Å². The highest BCUT2D eigenvalue weighted by Crippen LogP contribution is 2.29. The van der Waals surface area contributed by atoms with E-state index in [0.717, 1.165) is 25.2 Å². The van der Waals surface area contributed by atoms with Crippen molar-refractivity contribution in [1.82, 2.24) is 0 Å². The van der Waals surface area contributed by atoms with Gasteiger partial charge in [-0.3, -0.25) is 0 Å². The zero-order valence-corrected chi connectivity index (χ0v) is 13.8. The number of rotatable bonds is 9. The van der Waals surface area contributed by atoms with E-state index in [4.69, 9.17) is 14.2 Å². The van der Waals surface area contributed by atoms with Crippen LogP contribution >= 0.6 is 0 Å². The molecule has 1 heterocycles. The molecule has 0 bridgehead atoms. The van der Waals surface area contributed by atoms with E-state index in [1.807, 2.05) is 13.8 Å². The van der Waals surface area contributed by atoms with E-state index >= 15 is 0 Å². The Balaban J connectivity index is 1.79. The molecule has 1 aliphatic rings. The van der Waals surface area contributed by atoms with Crippen LogP contribution in [0.15, 0.2) is 24.3 Å². The maximum Gasteiger partial charge on any atom is 0.338 e. The summed E-state index contributed by atoms with van der Waals surface area (Å²) in [7, 11) is 0. The molecule has 1 fully saturated rings. The summed E-state index contributed by atoms with van der Waals surface area (Å²) in [6.45, 7) is 7.40. The lowest BCUT2D eigenvalue weighted by Gasteiger charge is -2.24. The monoisotopic (exact) mass is 306 g/mol. The molecule has 1 unspecified atom stereocenters. The van der Waals surface area contributed by atoms with Crippen LogP contribution in [0.4, 0.5) is 0 Å². The molecular formula is C18H26O4. The maximum atomic E-state index is 11.9. The highest BCUT2D eigenvalue weighted by molar-refractivity contribution is 5.89. The molecule has 0 radical (unpaired) electrons. The van der Waals surface area contributed by atoms with Gasteiger partial charge in [0.2, 0.25) is 0 Å². The van der Waals surface area contributed by atoms with Gasteiger partial charge in [0.15, 0.2) is 0 Å². The number of esters is 1. The normalized spacial score (nSPS) is 17.1. The minimum atomic E-state index is -0.346. The van der Waals surface area contributed by atoms with Gasteiger partial charge in [0.1, 0.15) is 17.5 Å². The van der Waals surface area contributed by atoms with Crippen molar-refractivity contribution in [2.24, 2.45) is 0 Å². The Hall–Kier alpha value is -1.55. The Morgan fingerprint density at radius 1 is 1.23 bits per heavy atom. The molecule has 0 saturated carbocycles. The summed E-state index contributed by atoms with van der Waals surface area (Å²) in [5.41, 5.74) is 0.213. The van der Waals surface area contributed by atoms with Crippen LogP contribution in [0.3, 0.4) is 0 Å². The fourth-order valence-electron chi connectivity index (χ4n) is 2.26. The quantitative estimate of drug-likeness (QED) is 0.393. The van der Waals surface area contributed by atoms with Crippen LogP contribution < -0.4 is 4.74 Å². The number of unbranched alkanes of at least 4 members (excludes halogenated alkanes) is 3. The summed E-state index contributed by atoms with van der Waals surface area (Å²) in [6.07, 6.45) is 4.55. The molecule has 1 aromatic rings. The number of hydrogen-bond acceptors (Lipinski definition) is 4. The number of carbonyl (C=O) groups is 1. The van der Waals surface area contributed by atoms with Crippen LogP contribution in [0.5, 0.6) is 5.75 Å². The van der Waals surface area contributed by atoms with E-state index in [1.54, 1.807) is 24.3 Å². The van der Waals surface area contributed by atoms with E-state index in [1.165, 1.54) is 12.8 Å². The van der Waals surface area contributed by atoms with Gasteiger partial charge in [-0.25, -0.2) is 4.79 Å². The molecule has 1 atom stereocenters. The van der Waals surface area contributed by atoms with Gasteiger partial charge in [-0.2, -0.15) is 0 Å². The Morgan fingerprint density at radius 3 is 2.50 bits per heavy atom. The van der Waals surface area contributed by atoms with E-state index in [2.05, 4.69) is 6.92 Å². The van der Waals surface area contributed by atoms with Crippen molar-refractivity contribution in [3.8, 4) is 5.75 Å². The van der Waals surface area contributed by atoms with Crippen LogP contribution in [0.2, 0.25) is 0 Å². The molecule has 4 nitrogen and oxygen atoms in total. The van der Waals surface area contributed by atoms with Crippen molar-refractivity contribution in [1.29, 1.82) is 0 Å². The summed E-state index contributed by atoms with van der Waals surface area (Å²) < 4.78 is 16.5. The largest absolute Gasteiger partial charge is 0.485 e. The molecule has 0 spiro atoms. The van der Waals surface area contributed by atoms with Gasteiger partial charge in [-0.15, -0.1) is 0 Å². The third-order valence-electron chi connectivity index (χ3n) is 3.81. The average molecular weight is 306 g/mol. The number of benzene rings is 1. The number of epoxide rings is 1. The van der Waals surface area contributed by atoms with Gasteiger partial charge in [0.05, 0.1) is 18.8 Å². The van der Waals surface area contributed by atoms with Crippen molar-refractivity contribution in [2.75, 3.05) is 13.2 Å². The molecule has 122 valence electrons. The SMILES string of the molecule is CCCCCCOC(=O)c1ccc(OC(C)(C)C2CO2)cc1. The van der Waals surface area contributed by atoms with Crippen LogP contribution in [0.25, 0.3) is 0 Å². The Labute approximate surface area is 132 Å². The standard InChI is InChI=1S/C18H26O4/c1-4-5-6-7-12-20-17(19)14-8-10-15(11-9-14)22-18(2,3)16-13-21-16/h8-11,16H,4-7,12-13H2,1-3H3. The van der Waals surface area contributed by atoms with Crippen molar-refractivity contribution in [3.63, 3.8) is 0 Å². The zero-order valence-electron chi connectivity index (χ0n) is 13.8. The summed E-state index contributed by atoms with van der Waals surface area (Å²) in [5, 5.41) is 0. The molecule has 0 amide bonds. The summed E-state index contributed by atoms with van der Waals surface area (Å²) in [4.78, 5) is 11.9. The van der Waals surface area contributed by atoms with Crippen LogP contribution in [-0.2, 0) is 9.47 Å². The first kappa shape index (κ1) is 16.8. The smallest absolute Gasteiger partial charge is 0.338 e. The second kappa shape index (κ2) is 7.63. The minimum absolute atomic E-state index is 0.153. The lowest BCUT2D eigenvalue weighted by Crippen LogP contribution is -2.34. The van der Waals surface area contributed by atoms with E-state index in [9.17, 15) is 4.79 Å². The highest BCUT2D eigenvalue weighted by Gasteiger charge is 2.41. The molecular weight excluding hydrogens is 280 g/mol. The van der Waals surface area contributed by atoms with Crippen molar-refractivity contribution in [3.05, 3.63) is 29.8 Å². The lowest BCUT2D eigenvalue weighted by atomic mass is 10.1. The molecule has 0 aliphatic carbocycles. The third kappa shape index (κ3) is 5.02. The molecule has 1 saturated heterocycles. The topological polar surface area (TPSA) is 48.1 Å². The first-order valence-electron chi connectivity index (χ1n) is 8.10. The van der Waals surface area contributed by atoms with Gasteiger partial charge < -0.3 is 14.2 Å². The molecule has 0 N–H and O–H groups in total. The molecule has 4 heteroatoms. The van der Waals surface area contributed by atoms with Gasteiger partial charge >= 0.3 is 5.97 Å². The molecule has 0 aromatic heterocycles. The molecule has 1 aromatic carbocycles. The minimum Gasteiger partial charge on any atom is -0.485 e. The average Bonchev–Trinajstić information content (AvgIpc) is 3.32. The second-order valence-corrected chi connectivity index (χ2v) is 6.25. The lowest BCUT2D eigenvalue weighted by molar-refractivity contribution is 0.0497. The fourth-order valence-corrected chi connectivity index (χ4v) is 2.26. The summed E-state index contributed by atoms with van der Waals surface area (Å²) in [6, 6.07) is 7.09. The van der Waals surface area contributed by atoms with Crippen LogP contribution in [-0.4, -0.2) is 30.9 Å². The number of ether oxygens (including phenoxy) is 3. The van der Waals surface area contributed by atoms with Crippen molar-refractivity contribution >= 4 is 5.97 Å². The first-order valence-corrected chi connectivity index (χ1v) is 8.10. The number of hydrogen-bond donors (Lipinski definition) is 0.